The molecule has 0 saturated heterocycles. The Labute approximate surface area is 365 Å². The molecule has 10 aromatic carbocycles. The standard InChI is InChI=1S/C60H40N2O/c1-2-14-42-38-60-55(36-41(42)13-1)54-37-43(27-35-59(54)63-60)49-16-5-8-21-56(49)61(45-30-32-46(33-31-45)62-57-22-9-6-17-52(57)53-18-7-10-23-58(53)62)44-28-24-40(25-29-44)48-19-11-20-50-47-15-4-3-12-39(47)26-34-51(48)50/h1-38,54,59H. The lowest BCUT2D eigenvalue weighted by Gasteiger charge is -2.29. The average Bonchev–Trinajstić information content (AvgIpc) is 3.88. The quantitative estimate of drug-likeness (QED) is 0.156. The zero-order chi connectivity index (χ0) is 41.4. The largest absolute Gasteiger partial charge is 0.485 e. The third-order valence-electron chi connectivity index (χ3n) is 13.3. The Kier molecular flexibility index (Phi) is 8.04. The smallest absolute Gasteiger partial charge is 0.128 e. The first-order chi connectivity index (χ1) is 31.2. The lowest BCUT2D eigenvalue weighted by atomic mass is 9.85. The molecule has 0 bridgehead atoms. The molecule has 11 aromatic rings. The predicted molar refractivity (Wildman–Crippen MR) is 264 cm³/mol. The summed E-state index contributed by atoms with van der Waals surface area (Å²) in [5.74, 6) is 1.09. The van der Waals surface area contributed by atoms with Crippen molar-refractivity contribution in [1.29, 1.82) is 0 Å². The number of ether oxygens (including phenoxy) is 1. The van der Waals surface area contributed by atoms with Crippen molar-refractivity contribution in [3.63, 3.8) is 0 Å². The van der Waals surface area contributed by atoms with E-state index in [2.05, 4.69) is 240 Å². The van der Waals surface area contributed by atoms with Gasteiger partial charge in [-0.25, -0.2) is 0 Å². The fraction of sp³-hybridized carbons (Fsp3) is 0.0333. The van der Waals surface area contributed by atoms with Crippen LogP contribution >= 0.6 is 0 Å². The van der Waals surface area contributed by atoms with Gasteiger partial charge >= 0.3 is 0 Å². The molecule has 13 rings (SSSR count). The van der Waals surface area contributed by atoms with Gasteiger partial charge in [-0.3, -0.25) is 0 Å². The van der Waals surface area contributed by atoms with Crippen molar-refractivity contribution in [2.45, 2.75) is 12.0 Å². The van der Waals surface area contributed by atoms with Gasteiger partial charge in [-0.05, 0) is 122 Å². The molecule has 2 heterocycles. The van der Waals surface area contributed by atoms with Crippen LogP contribution in [0.15, 0.2) is 231 Å². The van der Waals surface area contributed by atoms with Crippen LogP contribution < -0.4 is 9.64 Å². The minimum absolute atomic E-state index is 0.0307. The van der Waals surface area contributed by atoms with Crippen LogP contribution in [0.1, 0.15) is 17.0 Å². The van der Waals surface area contributed by atoms with Crippen molar-refractivity contribution >= 4 is 76.8 Å². The highest BCUT2D eigenvalue weighted by atomic mass is 16.5. The number of hydrogen-bond donors (Lipinski definition) is 0. The van der Waals surface area contributed by atoms with Gasteiger partial charge in [0.2, 0.25) is 0 Å². The second-order valence-corrected chi connectivity index (χ2v) is 16.8. The maximum atomic E-state index is 6.57. The normalized spacial score (nSPS) is 15.5. The summed E-state index contributed by atoms with van der Waals surface area (Å²) in [4.78, 5) is 2.42. The summed E-state index contributed by atoms with van der Waals surface area (Å²) in [6, 6.07) is 77.3. The highest BCUT2D eigenvalue weighted by Crippen LogP contribution is 2.48. The van der Waals surface area contributed by atoms with E-state index in [9.17, 15) is 0 Å². The number of benzene rings is 10. The lowest BCUT2D eigenvalue weighted by molar-refractivity contribution is 0.269. The predicted octanol–water partition coefficient (Wildman–Crippen LogP) is 15.9. The first-order valence-electron chi connectivity index (χ1n) is 21.8. The number of aromatic nitrogens is 1. The minimum Gasteiger partial charge on any atom is -0.485 e. The first kappa shape index (κ1) is 35.6. The van der Waals surface area contributed by atoms with Gasteiger partial charge < -0.3 is 14.2 Å². The van der Waals surface area contributed by atoms with Crippen molar-refractivity contribution in [2.24, 2.45) is 0 Å². The van der Waals surface area contributed by atoms with Gasteiger partial charge in [0, 0.05) is 44.9 Å². The van der Waals surface area contributed by atoms with E-state index in [1.54, 1.807) is 0 Å². The van der Waals surface area contributed by atoms with Gasteiger partial charge in [-0.2, -0.15) is 0 Å². The van der Waals surface area contributed by atoms with E-state index in [0.717, 1.165) is 34.1 Å². The molecule has 3 heteroatoms. The Morgan fingerprint density at radius 1 is 0.444 bits per heavy atom. The third kappa shape index (κ3) is 5.74. The molecule has 1 aliphatic heterocycles. The van der Waals surface area contributed by atoms with Gasteiger partial charge in [0.1, 0.15) is 11.9 Å². The topological polar surface area (TPSA) is 17.4 Å². The maximum absolute atomic E-state index is 6.57. The molecule has 0 amide bonds. The molecular weight excluding hydrogens is 765 g/mol. The van der Waals surface area contributed by atoms with E-state index < -0.39 is 0 Å². The van der Waals surface area contributed by atoms with E-state index in [-0.39, 0.29) is 12.0 Å². The molecule has 0 N–H and O–H groups in total. The Morgan fingerprint density at radius 3 is 1.81 bits per heavy atom. The number of anilines is 3. The fourth-order valence-electron chi connectivity index (χ4n) is 10.3. The van der Waals surface area contributed by atoms with Crippen molar-refractivity contribution in [3.8, 4) is 22.6 Å². The molecule has 3 nitrogen and oxygen atoms in total. The molecule has 296 valence electrons. The summed E-state index contributed by atoms with van der Waals surface area (Å²) >= 11 is 0. The summed E-state index contributed by atoms with van der Waals surface area (Å²) in [6.07, 6.45) is 6.88. The summed E-state index contributed by atoms with van der Waals surface area (Å²) in [7, 11) is 0. The van der Waals surface area contributed by atoms with Crippen LogP contribution in [-0.4, -0.2) is 10.7 Å². The van der Waals surface area contributed by atoms with Gasteiger partial charge in [0.25, 0.3) is 0 Å². The van der Waals surface area contributed by atoms with E-state index in [1.165, 1.54) is 76.4 Å². The molecule has 1 aliphatic carbocycles. The van der Waals surface area contributed by atoms with Crippen molar-refractivity contribution in [3.05, 3.63) is 242 Å². The second-order valence-electron chi connectivity index (χ2n) is 16.8. The molecule has 2 aliphatic rings. The van der Waals surface area contributed by atoms with E-state index in [1.807, 2.05) is 0 Å². The third-order valence-corrected chi connectivity index (χ3v) is 13.3. The Hall–Kier alpha value is -8.14. The van der Waals surface area contributed by atoms with Crippen LogP contribution in [0.2, 0.25) is 0 Å². The molecule has 0 saturated carbocycles. The maximum Gasteiger partial charge on any atom is 0.128 e. The number of hydrogen-bond acceptors (Lipinski definition) is 2. The van der Waals surface area contributed by atoms with Gasteiger partial charge in [-0.1, -0.05) is 158 Å². The average molecular weight is 805 g/mol. The van der Waals surface area contributed by atoms with Crippen molar-refractivity contribution < 1.29 is 4.74 Å². The summed E-state index contributed by atoms with van der Waals surface area (Å²) < 4.78 is 8.95. The minimum atomic E-state index is -0.0307. The number of nitrogens with zero attached hydrogens (tertiary/aromatic N) is 2. The molecule has 2 unspecified atom stereocenters. The SMILES string of the molecule is C1=CC2Oc3cc4ccccc4cc3C2C=C1c1ccccc1N(c1ccc(-c2cccc3c2ccc2ccccc23)cc1)c1ccc(-n2c3ccccc3c3ccccc32)cc1. The van der Waals surface area contributed by atoms with E-state index >= 15 is 0 Å². The molecule has 63 heavy (non-hydrogen) atoms. The Balaban J connectivity index is 0.945. The molecule has 0 fully saturated rings. The fourth-order valence-corrected chi connectivity index (χ4v) is 10.3. The molecule has 0 spiro atoms. The van der Waals surface area contributed by atoms with Crippen LogP contribution in [0.5, 0.6) is 5.75 Å². The zero-order valence-electron chi connectivity index (χ0n) is 34.4. The summed E-state index contributed by atoms with van der Waals surface area (Å²) in [6.45, 7) is 0. The van der Waals surface area contributed by atoms with E-state index in [0.29, 0.717) is 0 Å². The van der Waals surface area contributed by atoms with E-state index in [4.69, 9.17) is 4.74 Å². The summed E-state index contributed by atoms with van der Waals surface area (Å²) in [5.41, 5.74) is 12.8. The van der Waals surface area contributed by atoms with Crippen LogP contribution in [-0.2, 0) is 0 Å². The van der Waals surface area contributed by atoms with Crippen LogP contribution in [0, 0.1) is 0 Å². The van der Waals surface area contributed by atoms with Gasteiger partial charge in [0.15, 0.2) is 0 Å². The lowest BCUT2D eigenvalue weighted by Crippen LogP contribution is -2.18. The van der Waals surface area contributed by atoms with Gasteiger partial charge in [-0.15, -0.1) is 0 Å². The van der Waals surface area contributed by atoms with Crippen LogP contribution in [0.3, 0.4) is 0 Å². The second kappa shape index (κ2) is 14.2. The highest BCUT2D eigenvalue weighted by Gasteiger charge is 2.34. The number of allylic oxidation sites excluding steroid dienone is 2. The summed E-state index contributed by atoms with van der Waals surface area (Å²) in [5, 5.41) is 10.0. The number of rotatable bonds is 6. The van der Waals surface area contributed by atoms with Crippen molar-refractivity contribution in [2.75, 3.05) is 4.90 Å². The molecule has 0 radical (unpaired) electrons. The Morgan fingerprint density at radius 2 is 1.05 bits per heavy atom. The molecular formula is C60H40N2O. The highest BCUT2D eigenvalue weighted by molar-refractivity contribution is 6.12. The monoisotopic (exact) mass is 804 g/mol. The Bertz CT molecular complexity index is 3610. The van der Waals surface area contributed by atoms with Crippen molar-refractivity contribution in [1.82, 2.24) is 4.57 Å². The van der Waals surface area contributed by atoms with Crippen LogP contribution in [0.25, 0.3) is 76.5 Å². The molecule has 2 atom stereocenters. The van der Waals surface area contributed by atoms with Gasteiger partial charge in [0.05, 0.1) is 16.7 Å². The molecule has 1 aromatic heterocycles. The number of fused-ring (bicyclic) bond motifs is 10. The zero-order valence-corrected chi connectivity index (χ0v) is 34.4. The number of para-hydroxylation sites is 3. The first-order valence-corrected chi connectivity index (χ1v) is 21.8. The van der Waals surface area contributed by atoms with Crippen LogP contribution in [0.4, 0.5) is 17.1 Å².